The van der Waals surface area contributed by atoms with Crippen LogP contribution in [0.4, 0.5) is 4.79 Å². The summed E-state index contributed by atoms with van der Waals surface area (Å²) in [4.78, 5) is 16.1. The monoisotopic (exact) mass is 309 g/mol. The number of carbonyl (C=O) groups excluding carboxylic acids is 1. The van der Waals surface area contributed by atoms with Crippen molar-refractivity contribution in [3.63, 3.8) is 0 Å². The van der Waals surface area contributed by atoms with Crippen molar-refractivity contribution >= 4 is 28.7 Å². The van der Waals surface area contributed by atoms with Crippen LogP contribution in [0.3, 0.4) is 0 Å². The first kappa shape index (κ1) is 15.0. The second-order valence-electron chi connectivity index (χ2n) is 4.75. The van der Waals surface area contributed by atoms with Crippen molar-refractivity contribution in [2.45, 2.75) is 26.2 Å². The van der Waals surface area contributed by atoms with Gasteiger partial charge in [-0.3, -0.25) is 0 Å². The van der Waals surface area contributed by atoms with Gasteiger partial charge in [-0.1, -0.05) is 6.92 Å². The Morgan fingerprint density at radius 1 is 1.40 bits per heavy atom. The van der Waals surface area contributed by atoms with Gasteiger partial charge in [-0.25, -0.2) is 9.78 Å². The highest BCUT2D eigenvalue weighted by atomic mass is 32.1. The number of nitrogens with one attached hydrogen (secondary N) is 2. The molecule has 0 aromatic carbocycles. The molecule has 0 bridgehead atoms. The molecule has 6 heteroatoms. The van der Waals surface area contributed by atoms with E-state index in [0.29, 0.717) is 13.1 Å². The number of hydrogen-bond donors (Lipinski definition) is 2. The van der Waals surface area contributed by atoms with E-state index in [9.17, 15) is 4.79 Å². The number of thiophene rings is 1. The van der Waals surface area contributed by atoms with Crippen LogP contribution in [0.25, 0.3) is 0 Å². The lowest BCUT2D eigenvalue weighted by Crippen LogP contribution is -2.38. The lowest BCUT2D eigenvalue weighted by atomic mass is 10.2. The molecule has 4 nitrogen and oxygen atoms in total. The lowest BCUT2D eigenvalue weighted by Gasteiger charge is -2.11. The summed E-state index contributed by atoms with van der Waals surface area (Å²) in [6, 6.07) is 1.97. The SMILES string of the molecule is Cc1csc([C@H](C)CNC(=O)NCCc2ccsc2)n1. The molecule has 0 saturated carbocycles. The zero-order valence-electron chi connectivity index (χ0n) is 11.7. The highest BCUT2D eigenvalue weighted by Crippen LogP contribution is 2.18. The van der Waals surface area contributed by atoms with Gasteiger partial charge in [0.05, 0.1) is 5.01 Å². The first-order valence-corrected chi connectivity index (χ1v) is 8.42. The molecule has 20 heavy (non-hydrogen) atoms. The first-order valence-electron chi connectivity index (χ1n) is 6.60. The van der Waals surface area contributed by atoms with E-state index in [1.54, 1.807) is 22.7 Å². The molecule has 2 rings (SSSR count). The minimum absolute atomic E-state index is 0.111. The van der Waals surface area contributed by atoms with Crippen LogP contribution in [0.5, 0.6) is 0 Å². The molecule has 2 aromatic heterocycles. The van der Waals surface area contributed by atoms with Gasteiger partial charge in [0, 0.05) is 30.1 Å². The molecule has 2 N–H and O–H groups in total. The summed E-state index contributed by atoms with van der Waals surface area (Å²) in [5.74, 6) is 0.247. The number of amides is 2. The van der Waals surface area contributed by atoms with Crippen LogP contribution in [0.1, 0.15) is 29.1 Å². The lowest BCUT2D eigenvalue weighted by molar-refractivity contribution is 0.240. The Bertz CT molecular complexity index is 536. The molecule has 2 amide bonds. The Labute approximate surface area is 127 Å². The molecule has 0 unspecified atom stereocenters. The van der Waals surface area contributed by atoms with Crippen LogP contribution in [-0.4, -0.2) is 24.1 Å². The van der Waals surface area contributed by atoms with Crippen LogP contribution in [0.15, 0.2) is 22.2 Å². The molecule has 1 atom stereocenters. The smallest absolute Gasteiger partial charge is 0.314 e. The molecule has 0 aliphatic heterocycles. The molecular weight excluding hydrogens is 290 g/mol. The second-order valence-corrected chi connectivity index (χ2v) is 6.42. The highest BCUT2D eigenvalue weighted by molar-refractivity contribution is 7.09. The molecule has 108 valence electrons. The Hall–Kier alpha value is -1.40. The fourth-order valence-corrected chi connectivity index (χ4v) is 3.31. The van der Waals surface area contributed by atoms with Crippen molar-refractivity contribution < 1.29 is 4.79 Å². The highest BCUT2D eigenvalue weighted by Gasteiger charge is 2.10. The average Bonchev–Trinajstić information content (AvgIpc) is 3.07. The number of nitrogens with zero attached hydrogens (tertiary/aromatic N) is 1. The van der Waals surface area contributed by atoms with Crippen molar-refractivity contribution in [2.24, 2.45) is 0 Å². The molecule has 0 fully saturated rings. The van der Waals surface area contributed by atoms with E-state index in [0.717, 1.165) is 17.1 Å². The number of hydrogen-bond acceptors (Lipinski definition) is 4. The molecule has 2 aromatic rings. The van der Waals surface area contributed by atoms with Crippen molar-refractivity contribution in [1.82, 2.24) is 15.6 Å². The fraction of sp³-hybridized carbons (Fsp3) is 0.429. The molecule has 0 saturated heterocycles. The van der Waals surface area contributed by atoms with Gasteiger partial charge < -0.3 is 10.6 Å². The third kappa shape index (κ3) is 4.61. The first-order chi connectivity index (χ1) is 9.65. The van der Waals surface area contributed by atoms with Gasteiger partial charge in [0.2, 0.25) is 0 Å². The quantitative estimate of drug-likeness (QED) is 0.861. The summed E-state index contributed by atoms with van der Waals surface area (Å²) in [5.41, 5.74) is 2.30. The van der Waals surface area contributed by atoms with Gasteiger partial charge in [0.1, 0.15) is 0 Å². The van der Waals surface area contributed by atoms with Gasteiger partial charge in [0.25, 0.3) is 0 Å². The summed E-state index contributed by atoms with van der Waals surface area (Å²) < 4.78 is 0. The number of rotatable bonds is 6. The summed E-state index contributed by atoms with van der Waals surface area (Å²) in [6.07, 6.45) is 0.873. The number of thiazole rings is 1. The van der Waals surface area contributed by atoms with E-state index in [2.05, 4.69) is 34.0 Å². The van der Waals surface area contributed by atoms with Crippen molar-refractivity contribution in [3.05, 3.63) is 38.5 Å². The van der Waals surface area contributed by atoms with Gasteiger partial charge in [-0.05, 0) is 35.7 Å². The zero-order chi connectivity index (χ0) is 14.4. The largest absolute Gasteiger partial charge is 0.338 e. The molecular formula is C14H19N3OS2. The summed E-state index contributed by atoms with van der Waals surface area (Å²) >= 11 is 3.32. The second kappa shape index (κ2) is 7.40. The maximum atomic E-state index is 11.7. The molecule has 0 radical (unpaired) electrons. The van der Waals surface area contributed by atoms with Crippen LogP contribution >= 0.6 is 22.7 Å². The third-order valence-corrected chi connectivity index (χ3v) is 4.83. The summed E-state index contributed by atoms with van der Waals surface area (Å²) in [7, 11) is 0. The minimum Gasteiger partial charge on any atom is -0.338 e. The molecule has 0 aliphatic carbocycles. The van der Waals surface area contributed by atoms with E-state index < -0.39 is 0 Å². The predicted molar refractivity (Wildman–Crippen MR) is 84.7 cm³/mol. The van der Waals surface area contributed by atoms with Crippen LogP contribution in [0.2, 0.25) is 0 Å². The average molecular weight is 309 g/mol. The summed E-state index contributed by atoms with van der Waals surface area (Å²) in [6.45, 7) is 5.33. The zero-order valence-corrected chi connectivity index (χ0v) is 13.3. The van der Waals surface area contributed by atoms with E-state index in [1.807, 2.05) is 17.7 Å². The van der Waals surface area contributed by atoms with Crippen LogP contribution < -0.4 is 10.6 Å². The van der Waals surface area contributed by atoms with Gasteiger partial charge in [0.15, 0.2) is 0 Å². The van der Waals surface area contributed by atoms with Crippen LogP contribution in [-0.2, 0) is 6.42 Å². The molecule has 2 heterocycles. The standard InChI is InChI=1S/C14H19N3OS2/c1-10(13-17-11(2)8-20-13)7-16-14(18)15-5-3-12-4-6-19-9-12/h4,6,8-10H,3,5,7H2,1-2H3,(H2,15,16,18)/t10-/m1/s1. The van der Waals surface area contributed by atoms with E-state index in [-0.39, 0.29) is 11.9 Å². The van der Waals surface area contributed by atoms with E-state index in [4.69, 9.17) is 0 Å². The van der Waals surface area contributed by atoms with E-state index in [1.165, 1.54) is 5.56 Å². The Morgan fingerprint density at radius 2 is 2.25 bits per heavy atom. The summed E-state index contributed by atoms with van der Waals surface area (Å²) in [5, 5.41) is 13.0. The third-order valence-electron chi connectivity index (χ3n) is 2.91. The van der Waals surface area contributed by atoms with Gasteiger partial charge in [-0.2, -0.15) is 11.3 Å². The van der Waals surface area contributed by atoms with Crippen molar-refractivity contribution in [1.29, 1.82) is 0 Å². The van der Waals surface area contributed by atoms with Gasteiger partial charge in [-0.15, -0.1) is 11.3 Å². The molecule has 0 spiro atoms. The van der Waals surface area contributed by atoms with Crippen LogP contribution in [0, 0.1) is 6.92 Å². The molecule has 0 aliphatic rings. The normalized spacial score (nSPS) is 12.1. The Morgan fingerprint density at radius 3 is 2.90 bits per heavy atom. The number of aryl methyl sites for hydroxylation is 1. The predicted octanol–water partition coefficient (Wildman–Crippen LogP) is 3.16. The number of aromatic nitrogens is 1. The Kier molecular flexibility index (Phi) is 5.55. The fourth-order valence-electron chi connectivity index (χ4n) is 1.75. The van der Waals surface area contributed by atoms with Gasteiger partial charge >= 0.3 is 6.03 Å². The van der Waals surface area contributed by atoms with Crippen molar-refractivity contribution in [3.8, 4) is 0 Å². The minimum atomic E-state index is -0.111. The maximum Gasteiger partial charge on any atom is 0.314 e. The number of urea groups is 1. The Balaban J connectivity index is 1.64. The number of carbonyl (C=O) groups is 1. The topological polar surface area (TPSA) is 54.0 Å². The van der Waals surface area contributed by atoms with Crippen molar-refractivity contribution in [2.75, 3.05) is 13.1 Å². The van der Waals surface area contributed by atoms with E-state index >= 15 is 0 Å². The maximum absolute atomic E-state index is 11.7.